The molecule has 1 amide bonds. The molecule has 1 saturated heterocycles. The highest BCUT2D eigenvalue weighted by molar-refractivity contribution is 5.92. The van der Waals surface area contributed by atoms with Crippen LogP contribution in [-0.4, -0.2) is 54.1 Å². The number of hydrogen-bond acceptors (Lipinski definition) is 5. The highest BCUT2D eigenvalue weighted by Gasteiger charge is 2.21. The molecule has 1 fully saturated rings. The fourth-order valence-corrected chi connectivity index (χ4v) is 3.61. The molecule has 6 nitrogen and oxygen atoms in total. The summed E-state index contributed by atoms with van der Waals surface area (Å²) in [6, 6.07) is 19.8. The van der Waals surface area contributed by atoms with Gasteiger partial charge in [0.2, 0.25) is 5.91 Å². The second-order valence-electron chi connectivity index (χ2n) is 7.44. The quantitative estimate of drug-likeness (QED) is 0.594. The summed E-state index contributed by atoms with van der Waals surface area (Å²) in [5, 5.41) is 0. The minimum absolute atomic E-state index is 0.0271. The minimum atomic E-state index is 0.0271. The van der Waals surface area contributed by atoms with Gasteiger partial charge < -0.3 is 14.5 Å². The Kier molecular flexibility index (Phi) is 6.26. The van der Waals surface area contributed by atoms with Gasteiger partial charge >= 0.3 is 0 Å². The lowest BCUT2D eigenvalue weighted by Crippen LogP contribution is -2.48. The minimum Gasteiger partial charge on any atom is -0.497 e. The van der Waals surface area contributed by atoms with Crippen LogP contribution < -0.4 is 9.64 Å². The average molecular weight is 415 g/mol. The number of amides is 1. The van der Waals surface area contributed by atoms with E-state index in [1.165, 1.54) is 0 Å². The Morgan fingerprint density at radius 3 is 2.35 bits per heavy atom. The van der Waals surface area contributed by atoms with Crippen LogP contribution in [0.5, 0.6) is 5.75 Å². The van der Waals surface area contributed by atoms with Gasteiger partial charge in [-0.25, -0.2) is 9.97 Å². The van der Waals surface area contributed by atoms with Crippen LogP contribution in [-0.2, 0) is 4.79 Å². The van der Waals surface area contributed by atoms with Crippen molar-refractivity contribution in [3.8, 4) is 17.0 Å². The summed E-state index contributed by atoms with van der Waals surface area (Å²) in [6.07, 6.45) is 3.48. The fraction of sp³-hybridized carbons (Fsp3) is 0.240. The molecule has 0 atom stereocenters. The number of rotatable bonds is 5. The third-order valence-electron chi connectivity index (χ3n) is 5.34. The highest BCUT2D eigenvalue weighted by Crippen LogP contribution is 2.22. The maximum absolute atomic E-state index is 12.6. The highest BCUT2D eigenvalue weighted by atomic mass is 16.5. The Balaban J connectivity index is 1.38. The lowest BCUT2D eigenvalue weighted by molar-refractivity contribution is -0.126. The van der Waals surface area contributed by atoms with Crippen LogP contribution in [0.1, 0.15) is 11.4 Å². The molecule has 2 aromatic carbocycles. The SMILES string of the molecule is COc1ccc(/C=C/C(=O)N2CCN(c3cc(-c4ccccc4)nc(C)n3)CC2)cc1. The molecule has 0 aliphatic carbocycles. The maximum atomic E-state index is 12.6. The summed E-state index contributed by atoms with van der Waals surface area (Å²) < 4.78 is 5.16. The zero-order valence-corrected chi connectivity index (χ0v) is 17.9. The Hall–Kier alpha value is -3.67. The van der Waals surface area contributed by atoms with Crippen molar-refractivity contribution in [2.24, 2.45) is 0 Å². The van der Waals surface area contributed by atoms with Crippen LogP contribution in [0.3, 0.4) is 0 Å². The van der Waals surface area contributed by atoms with E-state index in [9.17, 15) is 4.79 Å². The molecule has 2 heterocycles. The smallest absolute Gasteiger partial charge is 0.246 e. The number of carbonyl (C=O) groups excluding carboxylic acids is 1. The Bertz CT molecular complexity index is 1060. The second-order valence-corrected chi connectivity index (χ2v) is 7.44. The molecule has 4 rings (SSSR count). The van der Waals surface area contributed by atoms with Crippen LogP contribution in [0.25, 0.3) is 17.3 Å². The number of nitrogens with zero attached hydrogens (tertiary/aromatic N) is 4. The normalized spacial score (nSPS) is 14.1. The molecule has 3 aromatic rings. The summed E-state index contributed by atoms with van der Waals surface area (Å²) in [6.45, 7) is 4.73. The lowest BCUT2D eigenvalue weighted by atomic mass is 10.1. The van der Waals surface area contributed by atoms with E-state index in [0.717, 1.165) is 47.3 Å². The van der Waals surface area contributed by atoms with Gasteiger partial charge in [-0.05, 0) is 30.7 Å². The van der Waals surface area contributed by atoms with Gasteiger partial charge in [-0.1, -0.05) is 42.5 Å². The molecule has 1 aliphatic heterocycles. The standard InChI is InChI=1S/C25H26N4O2/c1-19-26-23(21-6-4-3-5-7-21)18-24(27-19)28-14-16-29(17-15-28)25(30)13-10-20-8-11-22(31-2)12-9-20/h3-13,18H,14-17H2,1-2H3/b13-10+. The van der Waals surface area contributed by atoms with E-state index in [1.54, 1.807) is 13.2 Å². The summed E-state index contributed by atoms with van der Waals surface area (Å²) in [4.78, 5) is 25.9. The van der Waals surface area contributed by atoms with Crippen LogP contribution >= 0.6 is 0 Å². The van der Waals surface area contributed by atoms with Crippen molar-refractivity contribution >= 4 is 17.8 Å². The average Bonchev–Trinajstić information content (AvgIpc) is 2.83. The number of hydrogen-bond donors (Lipinski definition) is 0. The van der Waals surface area contributed by atoms with Gasteiger partial charge in [0.15, 0.2) is 0 Å². The van der Waals surface area contributed by atoms with Crippen LogP contribution in [0.4, 0.5) is 5.82 Å². The van der Waals surface area contributed by atoms with Gasteiger partial charge in [0, 0.05) is 43.9 Å². The molecular formula is C25H26N4O2. The molecule has 0 radical (unpaired) electrons. The van der Waals surface area contributed by atoms with Crippen molar-refractivity contribution in [1.82, 2.24) is 14.9 Å². The number of piperazine rings is 1. The van der Waals surface area contributed by atoms with Gasteiger partial charge in [-0.2, -0.15) is 0 Å². The molecule has 0 unspecified atom stereocenters. The van der Waals surface area contributed by atoms with Crippen molar-refractivity contribution in [3.63, 3.8) is 0 Å². The van der Waals surface area contributed by atoms with Crippen LogP contribution in [0.15, 0.2) is 66.7 Å². The van der Waals surface area contributed by atoms with Crippen LogP contribution in [0, 0.1) is 6.92 Å². The van der Waals surface area contributed by atoms with Gasteiger partial charge in [-0.3, -0.25) is 4.79 Å². The molecule has 158 valence electrons. The number of benzene rings is 2. The van der Waals surface area contributed by atoms with Gasteiger partial charge in [0.05, 0.1) is 12.8 Å². The molecule has 1 aromatic heterocycles. The van der Waals surface area contributed by atoms with Gasteiger partial charge in [-0.15, -0.1) is 0 Å². The zero-order chi connectivity index (χ0) is 21.6. The summed E-state index contributed by atoms with van der Waals surface area (Å²) in [7, 11) is 1.64. The number of anilines is 1. The van der Waals surface area contributed by atoms with E-state index in [2.05, 4.69) is 27.0 Å². The maximum Gasteiger partial charge on any atom is 0.246 e. The van der Waals surface area contributed by atoms with Crippen molar-refractivity contribution in [1.29, 1.82) is 0 Å². The Morgan fingerprint density at radius 1 is 0.968 bits per heavy atom. The molecule has 0 spiro atoms. The molecule has 31 heavy (non-hydrogen) atoms. The molecule has 6 heteroatoms. The molecule has 1 aliphatic rings. The monoisotopic (exact) mass is 414 g/mol. The van der Waals surface area contributed by atoms with Crippen molar-refractivity contribution in [3.05, 3.63) is 78.1 Å². The predicted octanol–water partition coefficient (Wildman–Crippen LogP) is 3.82. The second kappa shape index (κ2) is 9.43. The first kappa shape index (κ1) is 20.6. The molecular weight excluding hydrogens is 388 g/mol. The number of methoxy groups -OCH3 is 1. The predicted molar refractivity (Wildman–Crippen MR) is 123 cm³/mol. The number of ether oxygens (including phenoxy) is 1. The summed E-state index contributed by atoms with van der Waals surface area (Å²) >= 11 is 0. The van der Waals surface area contributed by atoms with E-state index in [0.29, 0.717) is 13.1 Å². The van der Waals surface area contributed by atoms with E-state index in [-0.39, 0.29) is 5.91 Å². The number of aromatic nitrogens is 2. The molecule has 0 saturated carbocycles. The molecule has 0 N–H and O–H groups in total. The first-order valence-electron chi connectivity index (χ1n) is 10.4. The molecule has 0 bridgehead atoms. The van der Waals surface area contributed by atoms with E-state index in [1.807, 2.05) is 66.4 Å². The van der Waals surface area contributed by atoms with E-state index >= 15 is 0 Å². The van der Waals surface area contributed by atoms with Crippen molar-refractivity contribution < 1.29 is 9.53 Å². The number of carbonyl (C=O) groups is 1. The topological polar surface area (TPSA) is 58.6 Å². The first-order chi connectivity index (χ1) is 15.1. The van der Waals surface area contributed by atoms with E-state index in [4.69, 9.17) is 4.74 Å². The largest absolute Gasteiger partial charge is 0.497 e. The third kappa shape index (κ3) is 5.09. The van der Waals surface area contributed by atoms with Gasteiger partial charge in [0.1, 0.15) is 17.4 Å². The van der Waals surface area contributed by atoms with Crippen LogP contribution in [0.2, 0.25) is 0 Å². The van der Waals surface area contributed by atoms with Gasteiger partial charge in [0.25, 0.3) is 0 Å². The summed E-state index contributed by atoms with van der Waals surface area (Å²) in [5.74, 6) is 2.49. The summed E-state index contributed by atoms with van der Waals surface area (Å²) in [5.41, 5.74) is 2.97. The first-order valence-corrected chi connectivity index (χ1v) is 10.4. The third-order valence-corrected chi connectivity index (χ3v) is 5.34. The Morgan fingerprint density at radius 2 is 1.68 bits per heavy atom. The fourth-order valence-electron chi connectivity index (χ4n) is 3.61. The van der Waals surface area contributed by atoms with E-state index < -0.39 is 0 Å². The van der Waals surface area contributed by atoms with Crippen molar-refractivity contribution in [2.75, 3.05) is 38.2 Å². The lowest BCUT2D eigenvalue weighted by Gasteiger charge is -2.35. The zero-order valence-electron chi connectivity index (χ0n) is 17.9. The van der Waals surface area contributed by atoms with Crippen molar-refractivity contribution in [2.45, 2.75) is 6.92 Å². The number of aryl methyl sites for hydroxylation is 1. The Labute approximate surface area is 182 Å².